The van der Waals surface area contributed by atoms with Gasteiger partial charge in [-0.3, -0.25) is 19.6 Å². The second-order valence-electron chi connectivity index (χ2n) is 11.0. The maximum absolute atomic E-state index is 13.1. The molecule has 242 valence electrons. The fourth-order valence-electron chi connectivity index (χ4n) is 6.21. The van der Waals surface area contributed by atoms with Gasteiger partial charge in [0, 0.05) is 28.7 Å². The van der Waals surface area contributed by atoms with Crippen molar-refractivity contribution < 1.29 is 19.5 Å². The Balaban J connectivity index is 1.24. The molecule has 6 rings (SSSR count). The quantitative estimate of drug-likeness (QED) is 0.0937. The Morgan fingerprint density at radius 1 is 1.04 bits per heavy atom. The fraction of sp³-hybridized carbons (Fsp3) is 0.194. The standard InChI is InChI=1S/C36H31N5O4S3/c37-18-10-19-46-23-29(42)39-30-33(43)41-31(35(44)45)28(22-48-34(30)41)47-20-17-24-21-38-40-32(24)36(25-11-4-1-5-12-25,26-13-6-2-7-14-26)27-15-8-3-9-16-27/h1-16,19,21,30,34H,17,20,22-23H2,(H,38,40)(H,39,42)(H,44,45)/b19-10-/t30-,34+/m1/s1. The zero-order valence-electron chi connectivity index (χ0n) is 25.6. The molecule has 0 bridgehead atoms. The Morgan fingerprint density at radius 3 is 2.21 bits per heavy atom. The van der Waals surface area contributed by atoms with Crippen LogP contribution in [0.1, 0.15) is 27.9 Å². The number of nitrogens with one attached hydrogen (secondary N) is 2. The van der Waals surface area contributed by atoms with Crippen LogP contribution in [-0.2, 0) is 26.2 Å². The number of carboxylic acid groups (broad SMARTS) is 1. The van der Waals surface area contributed by atoms with Gasteiger partial charge in [-0.2, -0.15) is 10.4 Å². The minimum absolute atomic E-state index is 0.0230. The SMILES string of the molecule is N#C/C=C\SCC(=O)N[C@@H]1C(=O)N2C(C(=O)O)=C(SCCc3c[nH]nc3C(c3ccccc3)(c3ccccc3)c3ccccc3)CS[C@@H]12. The summed E-state index contributed by atoms with van der Waals surface area (Å²) in [6.07, 6.45) is 3.78. The number of aromatic nitrogens is 2. The number of hydrogen-bond acceptors (Lipinski definition) is 8. The van der Waals surface area contributed by atoms with Crippen molar-refractivity contribution in [3.05, 3.63) is 147 Å². The summed E-state index contributed by atoms with van der Waals surface area (Å²) in [5.74, 6) is -0.933. The second-order valence-corrected chi connectivity index (χ2v) is 14.2. The van der Waals surface area contributed by atoms with E-state index in [0.717, 1.165) is 39.7 Å². The number of allylic oxidation sites excluding steroid dienone is 1. The van der Waals surface area contributed by atoms with E-state index in [1.54, 1.807) is 0 Å². The van der Waals surface area contributed by atoms with E-state index in [2.05, 4.69) is 46.8 Å². The predicted molar refractivity (Wildman–Crippen MR) is 190 cm³/mol. The topological polar surface area (TPSA) is 139 Å². The number of aliphatic carboxylic acids is 1. The highest BCUT2D eigenvalue weighted by atomic mass is 32.2. The minimum atomic E-state index is -1.17. The lowest BCUT2D eigenvalue weighted by molar-refractivity contribution is -0.150. The number of carbonyl (C=O) groups is 3. The molecule has 1 saturated heterocycles. The van der Waals surface area contributed by atoms with Gasteiger partial charge in [-0.25, -0.2) is 4.79 Å². The van der Waals surface area contributed by atoms with Crippen LogP contribution >= 0.6 is 35.3 Å². The first kappa shape index (κ1) is 33.2. The van der Waals surface area contributed by atoms with Crippen LogP contribution in [0.4, 0.5) is 0 Å². The van der Waals surface area contributed by atoms with Crippen LogP contribution in [0.2, 0.25) is 0 Å². The van der Waals surface area contributed by atoms with Crippen molar-refractivity contribution in [1.82, 2.24) is 20.4 Å². The Labute approximate surface area is 290 Å². The molecule has 0 radical (unpaired) electrons. The fourth-order valence-corrected chi connectivity index (χ4v) is 9.32. The summed E-state index contributed by atoms with van der Waals surface area (Å²) >= 11 is 4.02. The van der Waals surface area contributed by atoms with Gasteiger partial charge in [-0.05, 0) is 34.1 Å². The van der Waals surface area contributed by atoms with E-state index in [-0.39, 0.29) is 17.4 Å². The Morgan fingerprint density at radius 2 is 1.65 bits per heavy atom. The van der Waals surface area contributed by atoms with Crippen molar-refractivity contribution in [2.75, 3.05) is 17.3 Å². The molecule has 48 heavy (non-hydrogen) atoms. The lowest BCUT2D eigenvalue weighted by Crippen LogP contribution is -2.70. The molecule has 3 N–H and O–H groups in total. The number of carboxylic acids is 1. The normalized spacial score (nSPS) is 17.5. The van der Waals surface area contributed by atoms with Crippen LogP contribution in [0.15, 0.2) is 119 Å². The third kappa shape index (κ3) is 6.41. The van der Waals surface area contributed by atoms with Gasteiger partial charge in [0.2, 0.25) is 5.91 Å². The number of H-pyrrole nitrogens is 1. The third-order valence-corrected chi connectivity index (χ3v) is 11.6. The van der Waals surface area contributed by atoms with E-state index < -0.39 is 28.7 Å². The van der Waals surface area contributed by atoms with E-state index in [0.29, 0.717) is 22.8 Å². The highest BCUT2D eigenvalue weighted by Gasteiger charge is 2.54. The van der Waals surface area contributed by atoms with E-state index in [9.17, 15) is 19.5 Å². The van der Waals surface area contributed by atoms with Crippen LogP contribution in [0.25, 0.3) is 0 Å². The molecular formula is C36H31N5O4S3. The summed E-state index contributed by atoms with van der Waals surface area (Å²) in [6, 6.07) is 32.0. The highest BCUT2D eigenvalue weighted by molar-refractivity contribution is 8.06. The summed E-state index contributed by atoms with van der Waals surface area (Å²) in [6.45, 7) is 0. The van der Waals surface area contributed by atoms with Crippen molar-refractivity contribution in [3.8, 4) is 6.07 Å². The van der Waals surface area contributed by atoms with Gasteiger partial charge in [-0.15, -0.1) is 35.3 Å². The molecule has 0 saturated carbocycles. The second kappa shape index (κ2) is 15.0. The first-order valence-corrected chi connectivity index (χ1v) is 18.2. The minimum Gasteiger partial charge on any atom is -0.477 e. The Kier molecular flexibility index (Phi) is 10.4. The first-order chi connectivity index (χ1) is 23.5. The summed E-state index contributed by atoms with van der Waals surface area (Å²) in [5, 5.41) is 30.5. The molecule has 2 atom stereocenters. The number of amides is 2. The molecule has 0 aliphatic carbocycles. The largest absolute Gasteiger partial charge is 0.477 e. The maximum atomic E-state index is 13.1. The molecule has 3 aromatic carbocycles. The van der Waals surface area contributed by atoms with Gasteiger partial charge in [0.25, 0.3) is 5.91 Å². The molecule has 9 nitrogen and oxygen atoms in total. The van der Waals surface area contributed by atoms with Crippen LogP contribution in [0.3, 0.4) is 0 Å². The highest BCUT2D eigenvalue weighted by Crippen LogP contribution is 2.46. The average Bonchev–Trinajstić information content (AvgIpc) is 3.59. The third-order valence-electron chi connectivity index (χ3n) is 8.25. The first-order valence-electron chi connectivity index (χ1n) is 15.2. The number of aromatic amines is 1. The number of hydrogen-bond donors (Lipinski definition) is 3. The van der Waals surface area contributed by atoms with Crippen molar-refractivity contribution in [2.24, 2.45) is 0 Å². The number of nitrogens with zero attached hydrogens (tertiary/aromatic N) is 3. The maximum Gasteiger partial charge on any atom is 0.353 e. The van der Waals surface area contributed by atoms with E-state index in [1.807, 2.05) is 66.9 Å². The number of rotatable bonds is 13. The Hall–Kier alpha value is -4.70. The van der Waals surface area contributed by atoms with Crippen molar-refractivity contribution in [1.29, 1.82) is 5.26 Å². The molecule has 4 aromatic rings. The molecular weight excluding hydrogens is 663 g/mol. The summed E-state index contributed by atoms with van der Waals surface area (Å²) in [5.41, 5.74) is 4.36. The summed E-state index contributed by atoms with van der Waals surface area (Å²) in [4.78, 5) is 39.8. The van der Waals surface area contributed by atoms with Crippen LogP contribution < -0.4 is 5.32 Å². The van der Waals surface area contributed by atoms with Crippen molar-refractivity contribution in [3.63, 3.8) is 0 Å². The zero-order chi connectivity index (χ0) is 33.5. The van der Waals surface area contributed by atoms with Gasteiger partial charge < -0.3 is 10.4 Å². The van der Waals surface area contributed by atoms with E-state index in [1.165, 1.54) is 39.9 Å². The molecule has 2 aliphatic rings. The lowest BCUT2D eigenvalue weighted by Gasteiger charge is -2.49. The van der Waals surface area contributed by atoms with Gasteiger partial charge in [-0.1, -0.05) is 91.0 Å². The molecule has 0 spiro atoms. The van der Waals surface area contributed by atoms with Crippen molar-refractivity contribution >= 4 is 53.1 Å². The number of nitriles is 1. The molecule has 0 unspecified atom stereocenters. The number of carbonyl (C=O) groups excluding carboxylic acids is 2. The van der Waals surface area contributed by atoms with Crippen LogP contribution in [0, 0.1) is 11.3 Å². The van der Waals surface area contributed by atoms with Gasteiger partial charge >= 0.3 is 5.97 Å². The van der Waals surface area contributed by atoms with Gasteiger partial charge in [0.15, 0.2) is 0 Å². The summed E-state index contributed by atoms with van der Waals surface area (Å²) < 4.78 is 0. The monoisotopic (exact) mass is 693 g/mol. The number of aryl methyl sites for hydroxylation is 1. The van der Waals surface area contributed by atoms with E-state index >= 15 is 0 Å². The lowest BCUT2D eigenvalue weighted by atomic mass is 9.66. The number of benzene rings is 3. The zero-order valence-corrected chi connectivity index (χ0v) is 28.1. The van der Waals surface area contributed by atoms with Crippen molar-refractivity contribution in [2.45, 2.75) is 23.3 Å². The average molecular weight is 694 g/mol. The molecule has 2 aliphatic heterocycles. The smallest absolute Gasteiger partial charge is 0.353 e. The molecule has 2 amide bonds. The van der Waals surface area contributed by atoms with Gasteiger partial charge in [0.05, 0.1) is 22.9 Å². The predicted octanol–water partition coefficient (Wildman–Crippen LogP) is 5.53. The molecule has 1 fully saturated rings. The molecule has 3 heterocycles. The molecule has 1 aromatic heterocycles. The van der Waals surface area contributed by atoms with E-state index in [4.69, 9.17) is 10.4 Å². The number of fused-ring (bicyclic) bond motifs is 1. The van der Waals surface area contributed by atoms with Crippen LogP contribution in [0.5, 0.6) is 0 Å². The molecule has 12 heteroatoms. The Bertz CT molecular complexity index is 1790. The summed E-state index contributed by atoms with van der Waals surface area (Å²) in [7, 11) is 0. The van der Waals surface area contributed by atoms with Crippen LogP contribution in [-0.4, -0.2) is 66.7 Å². The number of β-lactam (4-membered cyclic amide) rings is 1. The van der Waals surface area contributed by atoms with Gasteiger partial charge in [0.1, 0.15) is 17.1 Å². The number of thioether (sulfide) groups is 3.